The minimum Gasteiger partial charge on any atom is -0.491 e. The first-order valence-electron chi connectivity index (χ1n) is 11.4. The number of nitrogens with one attached hydrogen (secondary N) is 1. The van der Waals surface area contributed by atoms with Crippen molar-refractivity contribution in [2.45, 2.75) is 38.8 Å². The van der Waals surface area contributed by atoms with Gasteiger partial charge in [0.2, 0.25) is 0 Å². The van der Waals surface area contributed by atoms with Crippen LogP contribution in [0.1, 0.15) is 42.2 Å². The zero-order valence-electron chi connectivity index (χ0n) is 18.9. The van der Waals surface area contributed by atoms with Crippen molar-refractivity contribution in [3.63, 3.8) is 0 Å². The van der Waals surface area contributed by atoms with E-state index >= 15 is 0 Å². The highest BCUT2D eigenvalue weighted by molar-refractivity contribution is 6.04. The Labute approximate surface area is 193 Å². The smallest absolute Gasteiger partial charge is 0.255 e. The number of hydrogen-bond acceptors (Lipinski definition) is 5. The van der Waals surface area contributed by atoms with Crippen molar-refractivity contribution in [1.29, 1.82) is 0 Å². The molecule has 2 aliphatic heterocycles. The summed E-state index contributed by atoms with van der Waals surface area (Å²) in [6.45, 7) is 6.41. The summed E-state index contributed by atoms with van der Waals surface area (Å²) in [6, 6.07) is 16.5. The Balaban J connectivity index is 1.25. The van der Waals surface area contributed by atoms with Crippen LogP contribution in [0.25, 0.3) is 0 Å². The highest BCUT2D eigenvalue weighted by Crippen LogP contribution is 2.36. The van der Waals surface area contributed by atoms with Gasteiger partial charge in [0, 0.05) is 42.9 Å². The summed E-state index contributed by atoms with van der Waals surface area (Å²) in [5.41, 5.74) is 2.43. The van der Waals surface area contributed by atoms with E-state index in [2.05, 4.69) is 21.3 Å². The van der Waals surface area contributed by atoms with E-state index in [1.807, 2.05) is 36.6 Å². The van der Waals surface area contributed by atoms with Crippen LogP contribution in [0, 0.1) is 5.92 Å². The van der Waals surface area contributed by atoms with Crippen LogP contribution in [0.15, 0.2) is 65.6 Å². The lowest BCUT2D eigenvalue weighted by Gasteiger charge is -2.43. The number of ether oxygens (including phenoxy) is 1. The molecule has 2 atom stereocenters. The molecule has 4 heterocycles. The van der Waals surface area contributed by atoms with Crippen LogP contribution in [0.4, 0.5) is 11.5 Å². The Bertz CT molecular complexity index is 1200. The number of hydrogen-bond donors (Lipinski definition) is 1. The van der Waals surface area contributed by atoms with E-state index in [-0.39, 0.29) is 17.6 Å². The Morgan fingerprint density at radius 1 is 1.06 bits per heavy atom. The second kappa shape index (κ2) is 8.73. The van der Waals surface area contributed by atoms with Crippen LogP contribution in [0.2, 0.25) is 0 Å². The van der Waals surface area contributed by atoms with Crippen molar-refractivity contribution in [3.8, 4) is 5.75 Å². The largest absolute Gasteiger partial charge is 0.491 e. The quantitative estimate of drug-likeness (QED) is 0.646. The van der Waals surface area contributed by atoms with Gasteiger partial charge in [-0.1, -0.05) is 6.07 Å². The number of fused-ring (bicyclic) bond motifs is 4. The van der Waals surface area contributed by atoms with E-state index in [0.717, 1.165) is 43.3 Å². The van der Waals surface area contributed by atoms with Gasteiger partial charge in [-0.15, -0.1) is 0 Å². The number of benzene rings is 1. The van der Waals surface area contributed by atoms with Gasteiger partial charge < -0.3 is 19.5 Å². The molecule has 1 aromatic carbocycles. The zero-order valence-corrected chi connectivity index (χ0v) is 18.9. The van der Waals surface area contributed by atoms with Gasteiger partial charge in [0.1, 0.15) is 11.6 Å². The molecule has 170 valence electrons. The van der Waals surface area contributed by atoms with Gasteiger partial charge in [-0.05, 0) is 68.7 Å². The number of nitrogens with zero attached hydrogens (tertiary/aromatic N) is 3. The summed E-state index contributed by atoms with van der Waals surface area (Å²) in [7, 11) is 0. The Hall–Kier alpha value is -3.61. The van der Waals surface area contributed by atoms with E-state index < -0.39 is 0 Å². The number of anilines is 2. The number of carbonyl (C=O) groups is 1. The molecule has 2 aliphatic rings. The minimum atomic E-state index is -0.185. The molecule has 5 rings (SSSR count). The molecule has 2 aromatic heterocycles. The van der Waals surface area contributed by atoms with Crippen LogP contribution >= 0.6 is 0 Å². The van der Waals surface area contributed by atoms with E-state index in [9.17, 15) is 9.59 Å². The topological polar surface area (TPSA) is 76.5 Å². The van der Waals surface area contributed by atoms with Crippen LogP contribution in [0.3, 0.4) is 0 Å². The summed E-state index contributed by atoms with van der Waals surface area (Å²) in [4.78, 5) is 31.7. The van der Waals surface area contributed by atoms with Gasteiger partial charge in [-0.25, -0.2) is 4.98 Å². The number of amides is 1. The highest BCUT2D eigenvalue weighted by atomic mass is 16.5. The predicted octanol–water partition coefficient (Wildman–Crippen LogP) is 3.91. The fourth-order valence-corrected chi connectivity index (χ4v) is 4.89. The first-order valence-corrected chi connectivity index (χ1v) is 11.4. The second-order valence-electron chi connectivity index (χ2n) is 9.15. The number of carbonyl (C=O) groups excluding carboxylic acids is 1. The molecule has 1 N–H and O–H groups in total. The molecular formula is C26H28N4O3. The fourth-order valence-electron chi connectivity index (χ4n) is 4.89. The van der Waals surface area contributed by atoms with Crippen molar-refractivity contribution >= 4 is 17.4 Å². The molecule has 7 heteroatoms. The Kier molecular flexibility index (Phi) is 5.62. The van der Waals surface area contributed by atoms with Crippen molar-refractivity contribution < 1.29 is 9.53 Å². The van der Waals surface area contributed by atoms with Crippen LogP contribution in [-0.4, -0.2) is 34.7 Å². The number of rotatable bonds is 5. The van der Waals surface area contributed by atoms with Gasteiger partial charge in [0.25, 0.3) is 11.5 Å². The second-order valence-corrected chi connectivity index (χ2v) is 9.15. The van der Waals surface area contributed by atoms with Crippen LogP contribution in [-0.2, 0) is 6.54 Å². The molecule has 33 heavy (non-hydrogen) atoms. The third-order valence-electron chi connectivity index (χ3n) is 6.30. The summed E-state index contributed by atoms with van der Waals surface area (Å²) >= 11 is 0. The van der Waals surface area contributed by atoms with E-state index in [1.165, 1.54) is 0 Å². The van der Waals surface area contributed by atoms with Gasteiger partial charge in [-0.2, -0.15) is 0 Å². The Morgan fingerprint density at radius 2 is 1.88 bits per heavy atom. The molecule has 0 aliphatic carbocycles. The molecule has 0 saturated carbocycles. The van der Waals surface area contributed by atoms with Gasteiger partial charge >= 0.3 is 0 Å². The summed E-state index contributed by atoms with van der Waals surface area (Å²) < 4.78 is 7.56. The molecule has 1 fully saturated rings. The monoisotopic (exact) mass is 444 g/mol. The molecule has 2 bridgehead atoms. The lowest BCUT2D eigenvalue weighted by molar-refractivity contribution is 0.102. The molecule has 0 spiro atoms. The van der Waals surface area contributed by atoms with Gasteiger partial charge in [0.15, 0.2) is 0 Å². The normalized spacial score (nSPS) is 19.2. The van der Waals surface area contributed by atoms with Gasteiger partial charge in [-0.3, -0.25) is 9.59 Å². The summed E-state index contributed by atoms with van der Waals surface area (Å²) in [5, 5.41) is 2.91. The molecule has 1 saturated heterocycles. The summed E-state index contributed by atoms with van der Waals surface area (Å²) in [6.07, 6.45) is 2.90. The van der Waals surface area contributed by atoms with Crippen LogP contribution in [0.5, 0.6) is 5.75 Å². The maximum absolute atomic E-state index is 12.6. The molecule has 7 nitrogen and oxygen atoms in total. The molecular weight excluding hydrogens is 416 g/mol. The summed E-state index contributed by atoms with van der Waals surface area (Å²) in [5.74, 6) is 2.21. The first kappa shape index (κ1) is 21.2. The lowest BCUT2D eigenvalue weighted by Crippen LogP contribution is -2.47. The molecule has 0 radical (unpaired) electrons. The highest BCUT2D eigenvalue weighted by Gasteiger charge is 2.34. The third kappa shape index (κ3) is 4.49. The maximum atomic E-state index is 12.6. The van der Waals surface area contributed by atoms with E-state index in [0.29, 0.717) is 23.1 Å². The SMILES string of the molecule is CC(C)Oc1ccc(C(=O)Nc2ccc(N3C[C@H]4C[C@@H](C3)c3cccc(=O)n3C4)nc2)cc1. The lowest BCUT2D eigenvalue weighted by atomic mass is 9.83. The Morgan fingerprint density at radius 3 is 2.61 bits per heavy atom. The van der Waals surface area contributed by atoms with Gasteiger partial charge in [0.05, 0.1) is 18.0 Å². The van der Waals surface area contributed by atoms with E-state index in [1.54, 1.807) is 36.5 Å². The zero-order chi connectivity index (χ0) is 22.9. The van der Waals surface area contributed by atoms with Crippen molar-refractivity contribution in [2.24, 2.45) is 5.92 Å². The number of aromatic nitrogens is 2. The van der Waals surface area contributed by atoms with Crippen molar-refractivity contribution in [1.82, 2.24) is 9.55 Å². The standard InChI is InChI=1S/C26H28N4O3/c1-17(2)33-22-9-6-19(7-10-22)26(32)28-21-8-11-24(27-13-21)29-14-18-12-20(16-29)23-4-3-5-25(31)30(23)15-18/h3-11,13,17-18,20H,12,14-16H2,1-2H3,(H,28,32)/t18-,20+/m1/s1. The fraction of sp³-hybridized carbons (Fsp3) is 0.346. The average Bonchev–Trinajstić information content (AvgIpc) is 2.80. The molecule has 3 aromatic rings. The first-order chi connectivity index (χ1) is 16.0. The van der Waals surface area contributed by atoms with Crippen molar-refractivity contribution in [3.05, 3.63) is 82.4 Å². The number of piperidine rings is 1. The minimum absolute atomic E-state index is 0.0893. The number of pyridine rings is 2. The third-order valence-corrected chi connectivity index (χ3v) is 6.30. The predicted molar refractivity (Wildman–Crippen MR) is 128 cm³/mol. The molecule has 0 unspecified atom stereocenters. The van der Waals surface area contributed by atoms with E-state index in [4.69, 9.17) is 4.74 Å². The van der Waals surface area contributed by atoms with Crippen molar-refractivity contribution in [2.75, 3.05) is 23.3 Å². The van der Waals surface area contributed by atoms with Crippen LogP contribution < -0.4 is 20.5 Å². The maximum Gasteiger partial charge on any atom is 0.255 e. The molecule has 1 amide bonds. The average molecular weight is 445 g/mol.